The molecule has 0 bridgehead atoms. The Morgan fingerprint density at radius 3 is 2.82 bits per heavy atom. The lowest BCUT2D eigenvalue weighted by Gasteiger charge is -1.95. The quantitative estimate of drug-likeness (QED) is 0.568. The molecule has 1 heterocycles. The fourth-order valence-electron chi connectivity index (χ4n) is 0.954. The highest BCUT2D eigenvalue weighted by Gasteiger charge is 2.12. The van der Waals surface area contributed by atoms with Crippen LogP contribution in [0, 0.1) is 6.20 Å². The van der Waals surface area contributed by atoms with E-state index in [0.717, 1.165) is 25.7 Å². The molecule has 1 aliphatic rings. The normalized spacial score (nSPS) is 15.7. The molecule has 1 rings (SSSR count). The Bertz CT molecular complexity index is 206. The number of azo groups is 1. The second-order valence-electron chi connectivity index (χ2n) is 2.55. The maximum Gasteiger partial charge on any atom is 0.293 e. The largest absolute Gasteiger partial charge is 0.293 e. The maximum absolute atomic E-state index is 10.8. The van der Waals surface area contributed by atoms with Gasteiger partial charge in [-0.3, -0.25) is 4.79 Å². The van der Waals surface area contributed by atoms with Gasteiger partial charge in [0.25, 0.3) is 5.91 Å². The van der Waals surface area contributed by atoms with Crippen LogP contribution < -0.4 is 0 Å². The predicted octanol–water partition coefficient (Wildman–Crippen LogP) is 2.25. The molecule has 3 nitrogen and oxygen atoms in total. The highest BCUT2D eigenvalue weighted by atomic mass is 16.2. The van der Waals surface area contributed by atoms with E-state index in [1.54, 1.807) is 0 Å². The summed E-state index contributed by atoms with van der Waals surface area (Å²) < 4.78 is 0. The molecule has 0 aromatic heterocycles. The van der Waals surface area contributed by atoms with Gasteiger partial charge in [0, 0.05) is 0 Å². The van der Waals surface area contributed by atoms with E-state index in [1.165, 1.54) is 0 Å². The predicted molar refractivity (Wildman–Crippen MR) is 40.8 cm³/mol. The van der Waals surface area contributed by atoms with E-state index in [4.69, 9.17) is 0 Å². The van der Waals surface area contributed by atoms with Crippen molar-refractivity contribution in [3.8, 4) is 0 Å². The Kier molecular flexibility index (Phi) is 2.95. The smallest absolute Gasteiger partial charge is 0.265 e. The Hall–Kier alpha value is -0.990. The Morgan fingerprint density at radius 1 is 1.45 bits per heavy atom. The monoisotopic (exact) mass is 151 g/mol. The molecule has 0 fully saturated rings. The molecule has 0 atom stereocenters. The van der Waals surface area contributed by atoms with Gasteiger partial charge in [0.2, 0.25) is 0 Å². The highest BCUT2D eigenvalue weighted by molar-refractivity contribution is 5.94. The first-order valence-electron chi connectivity index (χ1n) is 3.91. The summed E-state index contributed by atoms with van der Waals surface area (Å²) in [4.78, 5) is 10.8. The molecule has 0 aliphatic carbocycles. The summed E-state index contributed by atoms with van der Waals surface area (Å²) in [5.41, 5.74) is 0.637. The second kappa shape index (κ2) is 4.01. The van der Waals surface area contributed by atoms with Gasteiger partial charge < -0.3 is 0 Å². The number of rotatable bonds is 4. The Balaban J connectivity index is 2.23. The van der Waals surface area contributed by atoms with Gasteiger partial charge in [-0.25, -0.2) is 0 Å². The van der Waals surface area contributed by atoms with Crippen LogP contribution in [0.5, 0.6) is 0 Å². The fourth-order valence-corrected chi connectivity index (χ4v) is 0.954. The van der Waals surface area contributed by atoms with E-state index in [1.807, 2.05) is 0 Å². The molecule has 11 heavy (non-hydrogen) atoms. The van der Waals surface area contributed by atoms with Gasteiger partial charge in [-0.1, -0.05) is 19.8 Å². The van der Waals surface area contributed by atoms with Gasteiger partial charge in [-0.15, -0.1) is 10.2 Å². The van der Waals surface area contributed by atoms with Crippen molar-refractivity contribution in [1.82, 2.24) is 0 Å². The van der Waals surface area contributed by atoms with Crippen LogP contribution in [0.2, 0.25) is 0 Å². The molecule has 0 saturated carbocycles. The van der Waals surface area contributed by atoms with Crippen molar-refractivity contribution in [2.45, 2.75) is 32.6 Å². The van der Waals surface area contributed by atoms with Crippen molar-refractivity contribution in [2.24, 2.45) is 10.2 Å². The van der Waals surface area contributed by atoms with E-state index in [2.05, 4.69) is 23.4 Å². The molecule has 1 amide bonds. The molecule has 1 aliphatic heterocycles. The average Bonchev–Trinajstić information content (AvgIpc) is 2.37. The molecule has 59 valence electrons. The minimum Gasteiger partial charge on any atom is -0.265 e. The van der Waals surface area contributed by atoms with Crippen LogP contribution in [-0.2, 0) is 4.79 Å². The van der Waals surface area contributed by atoms with Gasteiger partial charge in [0.1, 0.15) is 6.20 Å². The Morgan fingerprint density at radius 2 is 2.27 bits per heavy atom. The third-order valence-electron chi connectivity index (χ3n) is 1.61. The summed E-state index contributed by atoms with van der Waals surface area (Å²) in [7, 11) is 0. The maximum atomic E-state index is 10.8. The molecule has 0 unspecified atom stereocenters. The summed E-state index contributed by atoms with van der Waals surface area (Å²) in [6, 6.07) is 0. The summed E-state index contributed by atoms with van der Waals surface area (Å²) in [5, 5.41) is 6.75. The molecule has 0 N–H and O–H groups in total. The molecule has 0 aromatic carbocycles. The number of nitrogens with zero attached hydrogens (tertiary/aromatic N) is 2. The topological polar surface area (TPSA) is 41.8 Å². The van der Waals surface area contributed by atoms with Crippen molar-refractivity contribution < 1.29 is 4.79 Å². The molecular weight excluding hydrogens is 140 g/mol. The second-order valence-corrected chi connectivity index (χ2v) is 2.55. The fraction of sp³-hybridized carbons (Fsp3) is 0.625. The molecule has 0 aromatic rings. The number of hydrogen-bond acceptors (Lipinski definition) is 2. The van der Waals surface area contributed by atoms with Gasteiger partial charge in [-0.2, -0.15) is 0 Å². The Labute approximate surface area is 66.2 Å². The average molecular weight is 151 g/mol. The first-order valence-corrected chi connectivity index (χ1v) is 3.91. The third-order valence-corrected chi connectivity index (χ3v) is 1.61. The van der Waals surface area contributed by atoms with Crippen molar-refractivity contribution in [1.29, 1.82) is 0 Å². The summed E-state index contributed by atoms with van der Waals surface area (Å²) in [6.45, 7) is 2.13. The number of carbonyl (C=O) groups excluding carboxylic acids is 1. The molecule has 0 saturated heterocycles. The summed E-state index contributed by atoms with van der Waals surface area (Å²) in [6.07, 6.45) is 6.72. The lowest BCUT2D eigenvalue weighted by Crippen LogP contribution is -1.93. The highest BCUT2D eigenvalue weighted by Crippen LogP contribution is 2.14. The van der Waals surface area contributed by atoms with Crippen LogP contribution in [-0.4, -0.2) is 5.91 Å². The van der Waals surface area contributed by atoms with Gasteiger partial charge in [0.05, 0.1) is 5.57 Å². The first kappa shape index (κ1) is 8.11. The van der Waals surface area contributed by atoms with Gasteiger partial charge in [-0.05, 0) is 12.8 Å². The van der Waals surface area contributed by atoms with Crippen molar-refractivity contribution in [2.75, 3.05) is 0 Å². The number of hydrogen-bond donors (Lipinski definition) is 0. The van der Waals surface area contributed by atoms with Crippen LogP contribution in [0.3, 0.4) is 0 Å². The van der Waals surface area contributed by atoms with Gasteiger partial charge in [0.15, 0.2) is 0 Å². The number of carbonyl (C=O) groups is 1. The van der Waals surface area contributed by atoms with Crippen LogP contribution in [0.25, 0.3) is 0 Å². The minimum absolute atomic E-state index is 0.207. The first-order chi connectivity index (χ1) is 5.34. The van der Waals surface area contributed by atoms with E-state index in [-0.39, 0.29) is 5.91 Å². The van der Waals surface area contributed by atoms with Crippen LogP contribution in [0.1, 0.15) is 32.6 Å². The van der Waals surface area contributed by atoms with Gasteiger partial charge >= 0.3 is 0 Å². The summed E-state index contributed by atoms with van der Waals surface area (Å²) in [5.74, 6) is -0.207. The SMILES string of the molecule is CCCCCC1=[C]N=NC1=O. The van der Waals surface area contributed by atoms with E-state index >= 15 is 0 Å². The molecule has 1 radical (unpaired) electrons. The van der Waals surface area contributed by atoms with Crippen LogP contribution in [0.15, 0.2) is 15.8 Å². The lowest BCUT2D eigenvalue weighted by atomic mass is 10.1. The zero-order valence-corrected chi connectivity index (χ0v) is 6.63. The molecule has 0 spiro atoms. The third kappa shape index (κ3) is 2.26. The van der Waals surface area contributed by atoms with Crippen molar-refractivity contribution >= 4 is 5.91 Å². The zero-order valence-electron chi connectivity index (χ0n) is 6.63. The van der Waals surface area contributed by atoms with E-state index in [0.29, 0.717) is 5.57 Å². The summed E-state index contributed by atoms with van der Waals surface area (Å²) >= 11 is 0. The van der Waals surface area contributed by atoms with E-state index < -0.39 is 0 Å². The standard InChI is InChI=1S/C8H11N2O/c1-2-3-4-5-7-6-9-10-8(7)11/h2-5H2,1H3. The van der Waals surface area contributed by atoms with E-state index in [9.17, 15) is 4.79 Å². The zero-order chi connectivity index (χ0) is 8.10. The van der Waals surface area contributed by atoms with Crippen LogP contribution >= 0.6 is 0 Å². The number of amides is 1. The molecular formula is C8H11N2O. The van der Waals surface area contributed by atoms with Crippen molar-refractivity contribution in [3.63, 3.8) is 0 Å². The molecule has 3 heteroatoms. The number of unbranched alkanes of at least 4 members (excludes halogenated alkanes) is 2. The minimum atomic E-state index is -0.207. The lowest BCUT2D eigenvalue weighted by molar-refractivity contribution is -0.114. The van der Waals surface area contributed by atoms with Crippen LogP contribution in [0.4, 0.5) is 0 Å². The van der Waals surface area contributed by atoms with Crippen molar-refractivity contribution in [3.05, 3.63) is 11.8 Å².